The minimum absolute atomic E-state index is 0.0232. The number of anilines is 3. The minimum Gasteiger partial charge on any atom is -0.330 e. The highest BCUT2D eigenvalue weighted by molar-refractivity contribution is 8.01. The van der Waals surface area contributed by atoms with Crippen molar-refractivity contribution in [2.24, 2.45) is 0 Å². The molecule has 1 heterocycles. The highest BCUT2D eigenvalue weighted by Gasteiger charge is 2.10. The van der Waals surface area contributed by atoms with Crippen LogP contribution >= 0.6 is 23.1 Å². The molecule has 0 fully saturated rings. The molecule has 0 aliphatic heterocycles. The number of rotatable bonds is 7. The van der Waals surface area contributed by atoms with Gasteiger partial charge in [0.2, 0.25) is 11.0 Å². The third kappa shape index (κ3) is 5.25. The molecule has 0 saturated carbocycles. The highest BCUT2D eigenvalue weighted by atomic mass is 32.2. The molecule has 0 radical (unpaired) electrons. The average Bonchev–Trinajstić information content (AvgIpc) is 3.10. The van der Waals surface area contributed by atoms with Gasteiger partial charge in [-0.3, -0.25) is 14.9 Å². The summed E-state index contributed by atoms with van der Waals surface area (Å²) >= 11 is 2.64. The standard InChI is InChI=1S/C17H15N5O3S2/c1-11-4-2-3-5-14(11)19-16-20-21-17(27-16)26-10-15(23)18-12-6-8-13(9-7-12)22(24)25/h2-9H,10H2,1H3,(H,18,23)(H,19,20). The summed E-state index contributed by atoms with van der Waals surface area (Å²) < 4.78 is 0.671. The highest BCUT2D eigenvalue weighted by Crippen LogP contribution is 2.28. The Balaban J connectivity index is 1.51. The monoisotopic (exact) mass is 401 g/mol. The first-order valence-electron chi connectivity index (χ1n) is 7.84. The molecule has 3 aromatic rings. The van der Waals surface area contributed by atoms with Gasteiger partial charge in [0.1, 0.15) is 0 Å². The lowest BCUT2D eigenvalue weighted by Crippen LogP contribution is -2.13. The number of para-hydroxylation sites is 1. The number of nitrogens with zero attached hydrogens (tertiary/aromatic N) is 3. The lowest BCUT2D eigenvalue weighted by Gasteiger charge is -2.04. The van der Waals surface area contributed by atoms with E-state index in [4.69, 9.17) is 0 Å². The molecule has 0 spiro atoms. The number of benzene rings is 2. The molecule has 138 valence electrons. The first-order valence-corrected chi connectivity index (χ1v) is 9.65. The van der Waals surface area contributed by atoms with E-state index in [1.54, 1.807) is 0 Å². The van der Waals surface area contributed by atoms with Crippen LogP contribution in [-0.4, -0.2) is 26.8 Å². The fraction of sp³-hybridized carbons (Fsp3) is 0.118. The van der Waals surface area contributed by atoms with Crippen LogP contribution in [-0.2, 0) is 4.79 Å². The summed E-state index contributed by atoms with van der Waals surface area (Å²) in [6, 6.07) is 13.5. The Bertz CT molecular complexity index is 959. The predicted octanol–water partition coefficient (Wildman–Crippen LogP) is 4.23. The molecule has 27 heavy (non-hydrogen) atoms. The van der Waals surface area contributed by atoms with Crippen molar-refractivity contribution in [1.29, 1.82) is 0 Å². The molecule has 2 aromatic carbocycles. The van der Waals surface area contributed by atoms with Gasteiger partial charge in [-0.15, -0.1) is 10.2 Å². The first-order chi connectivity index (χ1) is 13.0. The first kappa shape index (κ1) is 18.8. The van der Waals surface area contributed by atoms with Crippen LogP contribution in [0, 0.1) is 17.0 Å². The fourth-order valence-electron chi connectivity index (χ4n) is 2.14. The number of hydrogen-bond acceptors (Lipinski definition) is 8. The van der Waals surface area contributed by atoms with Crippen molar-refractivity contribution < 1.29 is 9.72 Å². The molecule has 0 unspecified atom stereocenters. The molecule has 2 N–H and O–H groups in total. The van der Waals surface area contributed by atoms with Gasteiger partial charge in [-0.25, -0.2) is 0 Å². The lowest BCUT2D eigenvalue weighted by atomic mass is 10.2. The second-order valence-electron chi connectivity index (χ2n) is 5.45. The molecule has 3 rings (SSSR count). The van der Waals surface area contributed by atoms with Gasteiger partial charge in [0.25, 0.3) is 5.69 Å². The van der Waals surface area contributed by atoms with Crippen molar-refractivity contribution in [2.45, 2.75) is 11.3 Å². The summed E-state index contributed by atoms with van der Waals surface area (Å²) in [6.45, 7) is 2.00. The lowest BCUT2D eigenvalue weighted by molar-refractivity contribution is -0.384. The van der Waals surface area contributed by atoms with E-state index in [-0.39, 0.29) is 17.3 Å². The normalized spacial score (nSPS) is 10.4. The Morgan fingerprint density at radius 3 is 2.63 bits per heavy atom. The Labute approximate surface area is 163 Å². The molecule has 0 bridgehead atoms. The van der Waals surface area contributed by atoms with Gasteiger partial charge >= 0.3 is 0 Å². The smallest absolute Gasteiger partial charge is 0.269 e. The van der Waals surface area contributed by atoms with Crippen LogP contribution in [0.1, 0.15) is 5.56 Å². The van der Waals surface area contributed by atoms with Crippen LogP contribution in [0.15, 0.2) is 52.9 Å². The third-order valence-corrected chi connectivity index (χ3v) is 5.45. The SMILES string of the molecule is Cc1ccccc1Nc1nnc(SCC(=O)Nc2ccc([N+](=O)[O-])cc2)s1. The van der Waals surface area contributed by atoms with Gasteiger partial charge in [0.05, 0.1) is 10.7 Å². The number of nitro groups is 1. The van der Waals surface area contributed by atoms with E-state index in [9.17, 15) is 14.9 Å². The maximum atomic E-state index is 12.0. The molecule has 10 heteroatoms. The van der Waals surface area contributed by atoms with Crippen molar-refractivity contribution in [1.82, 2.24) is 10.2 Å². The predicted molar refractivity (Wildman–Crippen MR) is 107 cm³/mol. The van der Waals surface area contributed by atoms with Gasteiger partial charge < -0.3 is 10.6 Å². The molecular formula is C17H15N5O3S2. The number of nitro benzene ring substituents is 1. The van der Waals surface area contributed by atoms with Crippen molar-refractivity contribution in [2.75, 3.05) is 16.4 Å². The summed E-state index contributed by atoms with van der Waals surface area (Å²) in [5.74, 6) is -0.0619. The molecule has 0 atom stereocenters. The molecule has 8 nitrogen and oxygen atoms in total. The average molecular weight is 401 g/mol. The number of thioether (sulfide) groups is 1. The fourth-order valence-corrected chi connectivity index (χ4v) is 3.70. The quantitative estimate of drug-likeness (QED) is 0.346. The Hall–Kier alpha value is -2.98. The molecule has 1 aromatic heterocycles. The van der Waals surface area contributed by atoms with Gasteiger partial charge in [-0.05, 0) is 30.7 Å². The van der Waals surface area contributed by atoms with Crippen LogP contribution in [0.25, 0.3) is 0 Å². The number of carbonyl (C=O) groups is 1. The number of non-ortho nitro benzene ring substituents is 1. The summed E-state index contributed by atoms with van der Waals surface area (Å²) in [6.07, 6.45) is 0. The summed E-state index contributed by atoms with van der Waals surface area (Å²) in [7, 11) is 0. The topological polar surface area (TPSA) is 110 Å². The van der Waals surface area contributed by atoms with Crippen molar-refractivity contribution in [3.63, 3.8) is 0 Å². The zero-order chi connectivity index (χ0) is 19.2. The molecule has 1 amide bonds. The Kier molecular flexibility index (Phi) is 5.99. The van der Waals surface area contributed by atoms with Gasteiger partial charge in [0, 0.05) is 23.5 Å². The number of nitrogens with one attached hydrogen (secondary N) is 2. The van der Waals surface area contributed by atoms with E-state index in [0.29, 0.717) is 15.2 Å². The van der Waals surface area contributed by atoms with Crippen LogP contribution in [0.3, 0.4) is 0 Å². The summed E-state index contributed by atoms with van der Waals surface area (Å²) in [4.78, 5) is 22.2. The van der Waals surface area contributed by atoms with E-state index in [2.05, 4.69) is 20.8 Å². The van der Waals surface area contributed by atoms with Gasteiger partial charge in [-0.2, -0.15) is 0 Å². The largest absolute Gasteiger partial charge is 0.330 e. The van der Waals surface area contributed by atoms with Crippen LogP contribution < -0.4 is 10.6 Å². The molecule has 0 aliphatic carbocycles. The molecule has 0 saturated heterocycles. The van der Waals surface area contributed by atoms with E-state index in [1.165, 1.54) is 47.4 Å². The van der Waals surface area contributed by atoms with Gasteiger partial charge in [-0.1, -0.05) is 41.3 Å². The number of aryl methyl sites for hydroxylation is 1. The Morgan fingerprint density at radius 2 is 1.93 bits per heavy atom. The van der Waals surface area contributed by atoms with E-state index < -0.39 is 4.92 Å². The second kappa shape index (κ2) is 8.60. The Morgan fingerprint density at radius 1 is 1.19 bits per heavy atom. The van der Waals surface area contributed by atoms with Crippen LogP contribution in [0.5, 0.6) is 0 Å². The van der Waals surface area contributed by atoms with E-state index >= 15 is 0 Å². The number of aromatic nitrogens is 2. The minimum atomic E-state index is -0.487. The maximum absolute atomic E-state index is 12.0. The number of carbonyl (C=O) groups excluding carboxylic acids is 1. The molecular weight excluding hydrogens is 386 g/mol. The zero-order valence-electron chi connectivity index (χ0n) is 14.2. The molecule has 0 aliphatic rings. The van der Waals surface area contributed by atoms with Crippen molar-refractivity contribution in [3.05, 3.63) is 64.2 Å². The van der Waals surface area contributed by atoms with Crippen LogP contribution in [0.4, 0.5) is 22.2 Å². The van der Waals surface area contributed by atoms with E-state index in [0.717, 1.165) is 11.3 Å². The van der Waals surface area contributed by atoms with E-state index in [1.807, 2.05) is 31.2 Å². The van der Waals surface area contributed by atoms with Crippen molar-refractivity contribution >= 4 is 51.2 Å². The number of amides is 1. The summed E-state index contributed by atoms with van der Waals surface area (Å²) in [5.41, 5.74) is 2.54. The zero-order valence-corrected chi connectivity index (χ0v) is 15.8. The summed E-state index contributed by atoms with van der Waals surface area (Å²) in [5, 5.41) is 25.3. The van der Waals surface area contributed by atoms with Crippen molar-refractivity contribution in [3.8, 4) is 0 Å². The van der Waals surface area contributed by atoms with Gasteiger partial charge in [0.15, 0.2) is 4.34 Å². The second-order valence-corrected chi connectivity index (χ2v) is 7.65. The third-order valence-electron chi connectivity index (χ3n) is 3.48. The van der Waals surface area contributed by atoms with Crippen LogP contribution in [0.2, 0.25) is 0 Å². The number of hydrogen-bond donors (Lipinski definition) is 2. The maximum Gasteiger partial charge on any atom is 0.269 e.